The van der Waals surface area contributed by atoms with Gasteiger partial charge in [0.05, 0.1) is 16.3 Å². The second-order valence-corrected chi connectivity index (χ2v) is 10.9. The van der Waals surface area contributed by atoms with E-state index < -0.39 is 10.0 Å². The number of nitrogens with zero attached hydrogens (tertiary/aromatic N) is 3. The second-order valence-electron chi connectivity index (χ2n) is 8.92. The lowest BCUT2D eigenvalue weighted by atomic mass is 9.97. The fourth-order valence-electron chi connectivity index (χ4n) is 4.72. The van der Waals surface area contributed by atoms with E-state index in [0.717, 1.165) is 43.4 Å². The summed E-state index contributed by atoms with van der Waals surface area (Å²) in [4.78, 5) is 19.9. The number of nitrogens with one attached hydrogen (secondary N) is 1. The molecule has 7 nitrogen and oxygen atoms in total. The number of sulfonamides is 1. The minimum absolute atomic E-state index is 0.132. The zero-order chi connectivity index (χ0) is 23.7. The van der Waals surface area contributed by atoms with Crippen molar-refractivity contribution in [2.45, 2.75) is 30.6 Å². The number of hydrogen-bond donors (Lipinski definition) is 1. The van der Waals surface area contributed by atoms with Crippen molar-refractivity contribution in [3.8, 4) is 0 Å². The molecule has 2 fully saturated rings. The van der Waals surface area contributed by atoms with Crippen LogP contribution in [0.1, 0.15) is 25.7 Å². The number of carbonyl (C=O) groups excluding carboxylic acids is 1. The molecule has 0 bridgehead atoms. The monoisotopic (exact) mass is 482 g/mol. The average molecular weight is 483 g/mol. The zero-order valence-electron chi connectivity index (χ0n) is 18.8. The van der Waals surface area contributed by atoms with Crippen LogP contribution in [0, 0.1) is 11.7 Å². The van der Waals surface area contributed by atoms with Gasteiger partial charge in [0.15, 0.2) is 0 Å². The Morgan fingerprint density at radius 2 is 1.82 bits per heavy atom. The molecule has 1 aromatic heterocycles. The minimum Gasteiger partial charge on any atom is -0.356 e. The summed E-state index contributed by atoms with van der Waals surface area (Å²) in [6, 6.07) is 14.7. The summed E-state index contributed by atoms with van der Waals surface area (Å²) < 4.78 is 40.7. The summed E-state index contributed by atoms with van der Waals surface area (Å²) in [5, 5.41) is 3.58. The van der Waals surface area contributed by atoms with Crippen molar-refractivity contribution < 1.29 is 17.6 Å². The SMILES string of the molecule is O=C(Nc1cccc(F)c1)[C@@H]1CCCN(c2ccc3cc(S(=O)(=O)N4CCCC4)ccc3n2)C1. The number of carbonyl (C=O) groups is 1. The standard InChI is InChI=1S/C25H27FN4O3S/c26-20-6-3-7-21(16-20)27-25(31)19-5-4-12-29(17-19)24-11-8-18-15-22(9-10-23(18)28-24)34(32,33)30-13-1-2-14-30/h3,6-11,15-16,19H,1-2,4-5,12-14,17H2,(H,27,31)/t19-/m1/s1. The number of anilines is 2. The second kappa shape index (κ2) is 9.31. The summed E-state index contributed by atoms with van der Waals surface area (Å²) in [6.45, 7) is 2.44. The van der Waals surface area contributed by atoms with Crippen LogP contribution in [0.5, 0.6) is 0 Å². The van der Waals surface area contributed by atoms with E-state index in [0.29, 0.717) is 35.7 Å². The third-order valence-corrected chi connectivity index (χ3v) is 8.45. The van der Waals surface area contributed by atoms with Crippen molar-refractivity contribution in [2.24, 2.45) is 5.92 Å². The van der Waals surface area contributed by atoms with E-state index in [1.54, 1.807) is 34.6 Å². The Hall–Kier alpha value is -3.04. The Bertz CT molecular complexity index is 1320. The summed E-state index contributed by atoms with van der Waals surface area (Å²) in [5.74, 6) is 0.000993. The third kappa shape index (κ3) is 4.63. The first kappa shape index (κ1) is 22.7. The van der Waals surface area contributed by atoms with Crippen molar-refractivity contribution in [1.82, 2.24) is 9.29 Å². The van der Waals surface area contributed by atoms with Gasteiger partial charge >= 0.3 is 0 Å². The molecule has 2 aromatic carbocycles. The highest BCUT2D eigenvalue weighted by Gasteiger charge is 2.28. The molecular formula is C25H27FN4O3S. The molecule has 0 saturated carbocycles. The van der Waals surface area contributed by atoms with Crippen LogP contribution in [-0.2, 0) is 14.8 Å². The van der Waals surface area contributed by atoms with E-state index in [1.807, 2.05) is 12.1 Å². The molecular weight excluding hydrogens is 455 g/mol. The number of benzene rings is 2. The van der Waals surface area contributed by atoms with Crippen molar-refractivity contribution in [1.29, 1.82) is 0 Å². The Morgan fingerprint density at radius 1 is 1.00 bits per heavy atom. The highest BCUT2D eigenvalue weighted by molar-refractivity contribution is 7.89. The Balaban J connectivity index is 1.32. The number of piperidine rings is 1. The molecule has 3 aromatic rings. The van der Waals surface area contributed by atoms with Crippen LogP contribution >= 0.6 is 0 Å². The van der Waals surface area contributed by atoms with Gasteiger partial charge in [0.2, 0.25) is 15.9 Å². The van der Waals surface area contributed by atoms with Crippen LogP contribution in [0.4, 0.5) is 15.9 Å². The van der Waals surface area contributed by atoms with Gasteiger partial charge in [-0.25, -0.2) is 17.8 Å². The maximum atomic E-state index is 13.4. The summed E-state index contributed by atoms with van der Waals surface area (Å²) in [5.41, 5.74) is 1.16. The Kier molecular flexibility index (Phi) is 6.22. The molecule has 178 valence electrons. The number of hydrogen-bond acceptors (Lipinski definition) is 5. The first-order valence-electron chi connectivity index (χ1n) is 11.6. The van der Waals surface area contributed by atoms with Crippen LogP contribution in [0.15, 0.2) is 59.5 Å². The van der Waals surface area contributed by atoms with E-state index in [-0.39, 0.29) is 17.6 Å². The van der Waals surface area contributed by atoms with E-state index in [4.69, 9.17) is 4.98 Å². The highest BCUT2D eigenvalue weighted by Crippen LogP contribution is 2.28. The summed E-state index contributed by atoms with van der Waals surface area (Å²) in [7, 11) is -3.48. The van der Waals surface area contributed by atoms with E-state index in [9.17, 15) is 17.6 Å². The predicted molar refractivity (Wildman–Crippen MR) is 130 cm³/mol. The van der Waals surface area contributed by atoms with Crippen LogP contribution < -0.4 is 10.2 Å². The maximum Gasteiger partial charge on any atom is 0.243 e. The van der Waals surface area contributed by atoms with Gasteiger partial charge in [0, 0.05) is 37.3 Å². The first-order valence-corrected chi connectivity index (χ1v) is 13.1. The Morgan fingerprint density at radius 3 is 2.62 bits per heavy atom. The smallest absolute Gasteiger partial charge is 0.243 e. The highest BCUT2D eigenvalue weighted by atomic mass is 32.2. The van der Waals surface area contributed by atoms with Crippen molar-refractivity contribution in [2.75, 3.05) is 36.4 Å². The van der Waals surface area contributed by atoms with Crippen molar-refractivity contribution in [3.63, 3.8) is 0 Å². The molecule has 0 aliphatic carbocycles. The van der Waals surface area contributed by atoms with Gasteiger partial charge in [-0.2, -0.15) is 4.31 Å². The van der Waals surface area contributed by atoms with Crippen LogP contribution in [0.2, 0.25) is 0 Å². The fourth-order valence-corrected chi connectivity index (χ4v) is 6.27. The lowest BCUT2D eigenvalue weighted by Gasteiger charge is -2.33. The molecule has 3 heterocycles. The summed E-state index contributed by atoms with van der Waals surface area (Å²) >= 11 is 0. The molecule has 9 heteroatoms. The molecule has 2 aliphatic rings. The molecule has 1 N–H and O–H groups in total. The van der Waals surface area contributed by atoms with Gasteiger partial charge < -0.3 is 10.2 Å². The van der Waals surface area contributed by atoms with Crippen molar-refractivity contribution >= 4 is 38.3 Å². The molecule has 1 amide bonds. The molecule has 0 unspecified atom stereocenters. The van der Waals surface area contributed by atoms with Gasteiger partial charge in [0.25, 0.3) is 0 Å². The number of amides is 1. The van der Waals surface area contributed by atoms with Gasteiger partial charge in [-0.05, 0) is 74.2 Å². The van der Waals surface area contributed by atoms with Crippen molar-refractivity contribution in [3.05, 3.63) is 60.4 Å². The van der Waals surface area contributed by atoms with E-state index in [1.165, 1.54) is 12.1 Å². The quantitative estimate of drug-likeness (QED) is 0.594. The molecule has 34 heavy (non-hydrogen) atoms. The molecule has 2 aliphatic heterocycles. The van der Waals surface area contributed by atoms with E-state index in [2.05, 4.69) is 10.2 Å². The number of fused-ring (bicyclic) bond motifs is 1. The fraction of sp³-hybridized carbons (Fsp3) is 0.360. The van der Waals surface area contributed by atoms with Gasteiger partial charge in [0.1, 0.15) is 11.6 Å². The first-order chi connectivity index (χ1) is 16.4. The maximum absolute atomic E-state index is 13.4. The van der Waals surface area contributed by atoms with Crippen LogP contribution in [0.3, 0.4) is 0 Å². The van der Waals surface area contributed by atoms with Gasteiger partial charge in [-0.1, -0.05) is 6.07 Å². The van der Waals surface area contributed by atoms with E-state index >= 15 is 0 Å². The number of aromatic nitrogens is 1. The topological polar surface area (TPSA) is 82.6 Å². The molecule has 2 saturated heterocycles. The summed E-state index contributed by atoms with van der Waals surface area (Å²) in [6.07, 6.45) is 3.39. The number of halogens is 1. The van der Waals surface area contributed by atoms with Gasteiger partial charge in [-0.15, -0.1) is 0 Å². The number of rotatable bonds is 5. The van der Waals surface area contributed by atoms with Gasteiger partial charge in [-0.3, -0.25) is 4.79 Å². The largest absolute Gasteiger partial charge is 0.356 e. The normalized spacial score (nSPS) is 19.4. The molecule has 5 rings (SSSR count). The lowest BCUT2D eigenvalue weighted by Crippen LogP contribution is -2.41. The third-order valence-electron chi connectivity index (χ3n) is 6.56. The number of pyridine rings is 1. The Labute approximate surface area is 198 Å². The zero-order valence-corrected chi connectivity index (χ0v) is 19.6. The van der Waals surface area contributed by atoms with Crippen LogP contribution in [-0.4, -0.2) is 49.8 Å². The molecule has 0 radical (unpaired) electrons. The minimum atomic E-state index is -3.48. The molecule has 1 atom stereocenters. The van der Waals surface area contributed by atoms with Crippen LogP contribution in [0.25, 0.3) is 10.9 Å². The average Bonchev–Trinajstić information content (AvgIpc) is 3.39. The predicted octanol–water partition coefficient (Wildman–Crippen LogP) is 4.01. The lowest BCUT2D eigenvalue weighted by molar-refractivity contribution is -0.120. The molecule has 0 spiro atoms.